The van der Waals surface area contributed by atoms with E-state index in [9.17, 15) is 4.79 Å². The Labute approximate surface area is 122 Å². The van der Waals surface area contributed by atoms with Crippen LogP contribution in [0.4, 0.5) is 5.82 Å². The molecule has 0 aliphatic heterocycles. The monoisotopic (exact) mass is 280 g/mol. The number of H-pyrrole nitrogens is 1. The number of aromatic nitrogens is 1. The number of rotatable bonds is 4. The molecular weight excluding hydrogens is 264 g/mol. The minimum absolute atomic E-state index is 0.683. The number of carbonyl (C=O) groups excluding carboxylic acids is 1. The van der Waals surface area contributed by atoms with Crippen LogP contribution in [0, 0.1) is 6.92 Å². The van der Waals surface area contributed by atoms with Gasteiger partial charge in [0.1, 0.15) is 11.6 Å². The molecule has 21 heavy (non-hydrogen) atoms. The molecule has 106 valence electrons. The molecule has 1 aromatic heterocycles. The lowest BCUT2D eigenvalue weighted by Crippen LogP contribution is -1.94. The average Bonchev–Trinajstić information content (AvgIpc) is 2.84. The lowest BCUT2D eigenvalue weighted by molar-refractivity contribution is -0.105. The summed E-state index contributed by atoms with van der Waals surface area (Å²) in [5.74, 6) is 1.59. The van der Waals surface area contributed by atoms with Crippen molar-refractivity contribution in [2.75, 3.05) is 12.4 Å². The average molecular weight is 280 g/mol. The Hall–Kier alpha value is -2.75. The molecule has 0 saturated heterocycles. The van der Waals surface area contributed by atoms with Crippen molar-refractivity contribution in [3.8, 4) is 16.9 Å². The molecule has 0 aliphatic carbocycles. The van der Waals surface area contributed by atoms with Gasteiger partial charge in [-0.2, -0.15) is 0 Å². The van der Waals surface area contributed by atoms with Crippen LogP contribution in [0.5, 0.6) is 5.75 Å². The van der Waals surface area contributed by atoms with E-state index < -0.39 is 0 Å². The number of aryl methyl sites for hydroxylation is 1. The molecule has 0 fully saturated rings. The maximum atomic E-state index is 10.6. The topological polar surface area (TPSA) is 54.1 Å². The Kier molecular flexibility index (Phi) is 3.36. The summed E-state index contributed by atoms with van der Waals surface area (Å²) < 4.78 is 5.18. The number of nitrogens with one attached hydrogen (secondary N) is 2. The summed E-state index contributed by atoms with van der Waals surface area (Å²) >= 11 is 0. The zero-order valence-corrected chi connectivity index (χ0v) is 11.9. The predicted octanol–water partition coefficient (Wildman–Crippen LogP) is 3.72. The number of methoxy groups -OCH3 is 1. The van der Waals surface area contributed by atoms with E-state index in [1.165, 1.54) is 0 Å². The summed E-state index contributed by atoms with van der Waals surface area (Å²) in [6, 6.07) is 14.2. The molecular formula is C17H16N2O2. The fraction of sp³-hybridized carbons (Fsp3) is 0.118. The van der Waals surface area contributed by atoms with Crippen molar-refractivity contribution in [2.24, 2.45) is 0 Å². The second-order valence-corrected chi connectivity index (χ2v) is 4.88. The van der Waals surface area contributed by atoms with Crippen LogP contribution in [-0.2, 0) is 4.79 Å². The maximum Gasteiger partial charge on any atom is 0.212 e. The zero-order valence-electron chi connectivity index (χ0n) is 11.9. The summed E-state index contributed by atoms with van der Waals surface area (Å²) in [6.45, 7) is 1.99. The van der Waals surface area contributed by atoms with Crippen LogP contribution in [0.2, 0.25) is 0 Å². The number of benzene rings is 2. The van der Waals surface area contributed by atoms with Gasteiger partial charge in [0.05, 0.1) is 7.11 Å². The van der Waals surface area contributed by atoms with Crippen molar-refractivity contribution in [3.05, 3.63) is 48.0 Å². The van der Waals surface area contributed by atoms with Crippen LogP contribution in [0.15, 0.2) is 42.5 Å². The van der Waals surface area contributed by atoms with Crippen LogP contribution in [0.25, 0.3) is 22.0 Å². The van der Waals surface area contributed by atoms with Gasteiger partial charge in [0.25, 0.3) is 0 Å². The number of aromatic amines is 1. The number of carbonyl (C=O) groups is 1. The van der Waals surface area contributed by atoms with Gasteiger partial charge in [-0.15, -0.1) is 0 Å². The molecule has 0 atom stereocenters. The van der Waals surface area contributed by atoms with E-state index in [4.69, 9.17) is 4.74 Å². The van der Waals surface area contributed by atoms with Gasteiger partial charge in [-0.05, 0) is 47.9 Å². The number of fused-ring (bicyclic) bond motifs is 1. The predicted molar refractivity (Wildman–Crippen MR) is 84.7 cm³/mol. The third-order valence-electron chi connectivity index (χ3n) is 3.68. The summed E-state index contributed by atoms with van der Waals surface area (Å²) in [7, 11) is 1.66. The summed E-state index contributed by atoms with van der Waals surface area (Å²) in [5.41, 5.74) is 4.30. The third-order valence-corrected chi connectivity index (χ3v) is 3.68. The van der Waals surface area contributed by atoms with Crippen molar-refractivity contribution in [3.63, 3.8) is 0 Å². The Balaban J connectivity index is 2.07. The molecule has 2 aromatic carbocycles. The third kappa shape index (κ3) is 2.36. The number of hydrogen-bond donors (Lipinski definition) is 2. The van der Waals surface area contributed by atoms with E-state index in [0.717, 1.165) is 39.2 Å². The molecule has 0 saturated carbocycles. The summed E-state index contributed by atoms with van der Waals surface area (Å²) in [5, 5.41) is 3.79. The smallest absolute Gasteiger partial charge is 0.212 e. The molecule has 0 bridgehead atoms. The number of ether oxygens (including phenoxy) is 1. The molecule has 1 amide bonds. The highest BCUT2D eigenvalue weighted by Gasteiger charge is 2.08. The summed E-state index contributed by atoms with van der Waals surface area (Å²) in [6.07, 6.45) is 0.683. The summed E-state index contributed by atoms with van der Waals surface area (Å²) in [4.78, 5) is 13.8. The van der Waals surface area contributed by atoms with Crippen LogP contribution in [0.3, 0.4) is 0 Å². The molecule has 1 heterocycles. The quantitative estimate of drug-likeness (QED) is 0.716. The first-order valence-electron chi connectivity index (χ1n) is 6.70. The van der Waals surface area contributed by atoms with Gasteiger partial charge in [0.2, 0.25) is 6.41 Å². The van der Waals surface area contributed by atoms with Crippen LogP contribution >= 0.6 is 0 Å². The van der Waals surface area contributed by atoms with E-state index in [1.54, 1.807) is 7.11 Å². The van der Waals surface area contributed by atoms with Crippen molar-refractivity contribution >= 4 is 23.1 Å². The second kappa shape index (κ2) is 5.32. The zero-order chi connectivity index (χ0) is 14.8. The number of anilines is 1. The molecule has 0 unspecified atom stereocenters. The van der Waals surface area contributed by atoms with Gasteiger partial charge in [0, 0.05) is 10.9 Å². The number of hydrogen-bond acceptors (Lipinski definition) is 2. The molecule has 0 spiro atoms. The minimum Gasteiger partial charge on any atom is -0.497 e. The van der Waals surface area contributed by atoms with E-state index in [1.807, 2.05) is 37.3 Å². The lowest BCUT2D eigenvalue weighted by atomic mass is 10.0. The second-order valence-electron chi connectivity index (χ2n) is 4.88. The first-order chi connectivity index (χ1) is 10.2. The molecule has 0 radical (unpaired) electrons. The van der Waals surface area contributed by atoms with Crippen molar-refractivity contribution < 1.29 is 9.53 Å². The first-order valence-corrected chi connectivity index (χ1v) is 6.70. The molecule has 0 aliphatic rings. The Morgan fingerprint density at radius 2 is 1.81 bits per heavy atom. The highest BCUT2D eigenvalue weighted by atomic mass is 16.5. The highest BCUT2D eigenvalue weighted by Crippen LogP contribution is 2.30. The van der Waals surface area contributed by atoms with Gasteiger partial charge in [-0.3, -0.25) is 4.79 Å². The normalized spacial score (nSPS) is 10.6. The molecule has 3 rings (SSSR count). The van der Waals surface area contributed by atoms with E-state index >= 15 is 0 Å². The maximum absolute atomic E-state index is 10.6. The molecule has 3 aromatic rings. The van der Waals surface area contributed by atoms with Crippen molar-refractivity contribution in [2.45, 2.75) is 6.92 Å². The van der Waals surface area contributed by atoms with Gasteiger partial charge in [-0.1, -0.05) is 18.2 Å². The first kappa shape index (κ1) is 13.2. The van der Waals surface area contributed by atoms with E-state index in [-0.39, 0.29) is 0 Å². The van der Waals surface area contributed by atoms with Crippen LogP contribution in [0.1, 0.15) is 5.56 Å². The van der Waals surface area contributed by atoms with Crippen LogP contribution in [-0.4, -0.2) is 18.5 Å². The van der Waals surface area contributed by atoms with E-state index in [0.29, 0.717) is 6.41 Å². The highest BCUT2D eigenvalue weighted by molar-refractivity contribution is 5.93. The Bertz CT molecular complexity index is 788. The fourth-order valence-electron chi connectivity index (χ4n) is 2.49. The van der Waals surface area contributed by atoms with Crippen molar-refractivity contribution in [1.82, 2.24) is 4.98 Å². The largest absolute Gasteiger partial charge is 0.497 e. The van der Waals surface area contributed by atoms with Crippen molar-refractivity contribution in [1.29, 1.82) is 0 Å². The van der Waals surface area contributed by atoms with Crippen LogP contribution < -0.4 is 10.1 Å². The molecule has 4 heteroatoms. The number of amides is 1. The van der Waals surface area contributed by atoms with Gasteiger partial charge in [0.15, 0.2) is 0 Å². The molecule has 2 N–H and O–H groups in total. The minimum atomic E-state index is 0.683. The Morgan fingerprint density at radius 3 is 2.48 bits per heavy atom. The van der Waals surface area contributed by atoms with Gasteiger partial charge < -0.3 is 15.0 Å². The standard InChI is InChI=1S/C17H16N2O2/c1-11-15-9-13(12-3-6-14(21-2)7-4-12)5-8-16(15)19-17(11)18-10-20/h3-10,19H,1-2H3,(H,18,20). The Morgan fingerprint density at radius 1 is 1.10 bits per heavy atom. The SMILES string of the molecule is COc1ccc(-c2ccc3[nH]c(NC=O)c(C)c3c2)cc1. The van der Waals surface area contributed by atoms with E-state index in [2.05, 4.69) is 22.4 Å². The lowest BCUT2D eigenvalue weighted by Gasteiger charge is -2.04. The fourth-order valence-corrected chi connectivity index (χ4v) is 2.49. The van der Waals surface area contributed by atoms with Gasteiger partial charge >= 0.3 is 0 Å². The molecule has 4 nitrogen and oxygen atoms in total. The van der Waals surface area contributed by atoms with Gasteiger partial charge in [-0.25, -0.2) is 0 Å².